The van der Waals surface area contributed by atoms with Gasteiger partial charge in [-0.3, -0.25) is 9.78 Å². The van der Waals surface area contributed by atoms with Gasteiger partial charge < -0.3 is 15.0 Å². The van der Waals surface area contributed by atoms with Gasteiger partial charge in [0.15, 0.2) is 5.17 Å². The first-order valence-electron chi connectivity index (χ1n) is 13.3. The largest absolute Gasteiger partial charge is 0.457 e. The van der Waals surface area contributed by atoms with Crippen LogP contribution in [0, 0.1) is 0 Å². The highest BCUT2D eigenvalue weighted by atomic mass is 32.2. The lowest BCUT2D eigenvalue weighted by Gasteiger charge is -2.36. The zero-order valence-electron chi connectivity index (χ0n) is 22.8. The molecule has 5 rings (SSSR count). The Morgan fingerprint density at radius 3 is 2.48 bits per heavy atom. The lowest BCUT2D eigenvalue weighted by Crippen LogP contribution is -2.38. The van der Waals surface area contributed by atoms with Gasteiger partial charge in [0.05, 0.1) is 23.7 Å². The summed E-state index contributed by atoms with van der Waals surface area (Å²) in [6, 6.07) is 21.2. The monoisotopic (exact) mass is 552 g/mol. The van der Waals surface area contributed by atoms with Gasteiger partial charge in [-0.2, -0.15) is 0 Å². The van der Waals surface area contributed by atoms with E-state index in [1.807, 2.05) is 59.7 Å². The Balaban J connectivity index is 1.41. The Morgan fingerprint density at radius 2 is 1.77 bits per heavy atom. The SMILES string of the molecule is CC1=C(C(=O)OCc2ccccc2)C(c2ccc(C(C)C)cc2)N2C(CC(=O)NCc3cccnc3)=CSC2=N1. The lowest BCUT2D eigenvalue weighted by atomic mass is 9.92. The van der Waals surface area contributed by atoms with Crippen molar-refractivity contribution in [3.05, 3.63) is 124 Å². The third-order valence-electron chi connectivity index (χ3n) is 6.91. The standard InChI is InChI=1S/C32H32N4O3S/c1-21(2)25-11-13-26(14-12-25)30-29(31(38)39-19-23-8-5-4-6-9-23)22(3)35-32-36(30)27(20-40-32)16-28(37)34-18-24-10-7-15-33-17-24/h4-15,17,20-21,30H,16,18-19H2,1-3H3,(H,34,37). The number of hydrogen-bond donors (Lipinski definition) is 1. The normalized spacial score (nSPS) is 16.4. The molecule has 204 valence electrons. The van der Waals surface area contributed by atoms with Crippen LogP contribution in [0.15, 0.2) is 106 Å². The van der Waals surface area contributed by atoms with Crippen molar-refractivity contribution in [3.63, 3.8) is 0 Å². The molecule has 0 fully saturated rings. The maximum Gasteiger partial charge on any atom is 0.338 e. The average Bonchev–Trinajstić information content (AvgIpc) is 3.36. The molecule has 2 aromatic carbocycles. The molecule has 1 aromatic heterocycles. The first-order chi connectivity index (χ1) is 19.4. The van der Waals surface area contributed by atoms with E-state index in [0.29, 0.717) is 23.7 Å². The van der Waals surface area contributed by atoms with Crippen LogP contribution in [0.3, 0.4) is 0 Å². The number of ether oxygens (including phenoxy) is 1. The molecule has 7 nitrogen and oxygen atoms in total. The number of aliphatic imine (C=N–C) groups is 1. The molecule has 3 heterocycles. The van der Waals surface area contributed by atoms with Crippen molar-refractivity contribution in [3.8, 4) is 0 Å². The van der Waals surface area contributed by atoms with E-state index in [9.17, 15) is 9.59 Å². The number of amidine groups is 1. The minimum absolute atomic E-state index is 0.120. The maximum absolute atomic E-state index is 13.6. The maximum atomic E-state index is 13.6. The summed E-state index contributed by atoms with van der Waals surface area (Å²) in [4.78, 5) is 37.5. The summed E-state index contributed by atoms with van der Waals surface area (Å²) in [7, 11) is 0. The predicted molar refractivity (Wildman–Crippen MR) is 158 cm³/mol. The number of pyridine rings is 1. The number of benzene rings is 2. The second kappa shape index (κ2) is 12.3. The van der Waals surface area contributed by atoms with Gasteiger partial charge in [-0.15, -0.1) is 0 Å². The van der Waals surface area contributed by atoms with E-state index in [2.05, 4.69) is 48.4 Å². The molecule has 40 heavy (non-hydrogen) atoms. The molecule has 1 unspecified atom stereocenters. The molecule has 2 aliphatic heterocycles. The molecule has 1 amide bonds. The van der Waals surface area contributed by atoms with Gasteiger partial charge in [-0.25, -0.2) is 9.79 Å². The first kappa shape index (κ1) is 27.4. The summed E-state index contributed by atoms with van der Waals surface area (Å²) < 4.78 is 5.80. The number of nitrogens with zero attached hydrogens (tertiary/aromatic N) is 3. The predicted octanol–water partition coefficient (Wildman–Crippen LogP) is 6.23. The van der Waals surface area contributed by atoms with Gasteiger partial charge in [-0.05, 0) is 46.6 Å². The Morgan fingerprint density at radius 1 is 1.02 bits per heavy atom. The second-order valence-electron chi connectivity index (χ2n) is 10.1. The number of thioether (sulfide) groups is 1. The lowest BCUT2D eigenvalue weighted by molar-refractivity contribution is -0.141. The molecule has 0 spiro atoms. The highest BCUT2D eigenvalue weighted by molar-refractivity contribution is 8.16. The molecule has 0 radical (unpaired) electrons. The van der Waals surface area contributed by atoms with Crippen molar-refractivity contribution in [1.29, 1.82) is 0 Å². The minimum Gasteiger partial charge on any atom is -0.457 e. The van der Waals surface area contributed by atoms with Crippen LogP contribution in [0.5, 0.6) is 0 Å². The number of hydrogen-bond acceptors (Lipinski definition) is 7. The van der Waals surface area contributed by atoms with Crippen LogP contribution < -0.4 is 5.32 Å². The van der Waals surface area contributed by atoms with Gasteiger partial charge in [-0.1, -0.05) is 86.3 Å². The molecule has 8 heteroatoms. The van der Waals surface area contributed by atoms with E-state index in [1.165, 1.54) is 17.3 Å². The second-order valence-corrected chi connectivity index (χ2v) is 10.9. The number of aromatic nitrogens is 1. The molecule has 0 saturated carbocycles. The summed E-state index contributed by atoms with van der Waals surface area (Å²) >= 11 is 1.46. The third-order valence-corrected chi connectivity index (χ3v) is 7.80. The minimum atomic E-state index is -0.468. The highest BCUT2D eigenvalue weighted by Crippen LogP contribution is 2.45. The van der Waals surface area contributed by atoms with Gasteiger partial charge in [0.1, 0.15) is 6.61 Å². The molecular weight excluding hydrogens is 520 g/mol. The van der Waals surface area contributed by atoms with E-state index >= 15 is 0 Å². The van der Waals surface area contributed by atoms with Crippen LogP contribution in [0.4, 0.5) is 0 Å². The van der Waals surface area contributed by atoms with Crippen LogP contribution >= 0.6 is 11.8 Å². The molecule has 1 N–H and O–H groups in total. The number of esters is 1. The number of rotatable bonds is 9. The van der Waals surface area contributed by atoms with E-state index < -0.39 is 12.0 Å². The van der Waals surface area contributed by atoms with Gasteiger partial charge in [0.25, 0.3) is 0 Å². The van der Waals surface area contributed by atoms with Crippen LogP contribution in [-0.2, 0) is 27.5 Å². The summed E-state index contributed by atoms with van der Waals surface area (Å²) in [5.74, 6) is -0.156. The van der Waals surface area contributed by atoms with Gasteiger partial charge in [0, 0.05) is 24.6 Å². The summed E-state index contributed by atoms with van der Waals surface area (Å²) in [5.41, 5.74) is 5.86. The average molecular weight is 553 g/mol. The smallest absolute Gasteiger partial charge is 0.338 e. The van der Waals surface area contributed by atoms with Crippen LogP contribution in [0.25, 0.3) is 0 Å². The fraction of sp³-hybridized carbons (Fsp3) is 0.250. The fourth-order valence-corrected chi connectivity index (χ4v) is 5.70. The number of nitrogens with one attached hydrogen (secondary N) is 1. The molecule has 0 bridgehead atoms. The molecule has 2 aliphatic rings. The van der Waals surface area contributed by atoms with Gasteiger partial charge >= 0.3 is 5.97 Å². The van der Waals surface area contributed by atoms with Crippen molar-refractivity contribution >= 4 is 28.8 Å². The van der Waals surface area contributed by atoms with Crippen molar-refractivity contribution in [1.82, 2.24) is 15.2 Å². The summed E-state index contributed by atoms with van der Waals surface area (Å²) in [6.45, 7) is 6.71. The Labute approximate surface area is 239 Å². The molecule has 0 saturated heterocycles. The van der Waals surface area contributed by atoms with E-state index in [1.54, 1.807) is 12.4 Å². The van der Waals surface area contributed by atoms with E-state index in [0.717, 1.165) is 27.6 Å². The quantitative estimate of drug-likeness (QED) is 0.317. The number of allylic oxidation sites excluding steroid dienone is 1. The van der Waals surface area contributed by atoms with Crippen LogP contribution in [0.2, 0.25) is 0 Å². The van der Waals surface area contributed by atoms with Crippen molar-refractivity contribution in [2.75, 3.05) is 0 Å². The zero-order valence-corrected chi connectivity index (χ0v) is 23.7. The Kier molecular flexibility index (Phi) is 8.45. The molecular formula is C32H32N4O3S. The fourth-order valence-electron chi connectivity index (χ4n) is 4.74. The molecule has 0 aliphatic carbocycles. The van der Waals surface area contributed by atoms with E-state index in [-0.39, 0.29) is 18.9 Å². The van der Waals surface area contributed by atoms with Crippen molar-refractivity contribution < 1.29 is 14.3 Å². The molecule has 3 aromatic rings. The Hall–Kier alpha value is -4.17. The summed E-state index contributed by atoms with van der Waals surface area (Å²) in [5, 5.41) is 5.67. The zero-order chi connectivity index (χ0) is 28.1. The topological polar surface area (TPSA) is 83.9 Å². The van der Waals surface area contributed by atoms with Gasteiger partial charge in [0.2, 0.25) is 5.91 Å². The molecule has 1 atom stereocenters. The van der Waals surface area contributed by atoms with Crippen LogP contribution in [0.1, 0.15) is 61.4 Å². The van der Waals surface area contributed by atoms with Crippen molar-refractivity contribution in [2.45, 2.75) is 52.3 Å². The summed E-state index contributed by atoms with van der Waals surface area (Å²) in [6.07, 6.45) is 3.59. The first-order valence-corrected chi connectivity index (χ1v) is 14.2. The third kappa shape index (κ3) is 6.18. The van der Waals surface area contributed by atoms with Crippen LogP contribution in [-0.4, -0.2) is 26.9 Å². The number of carbonyl (C=O) groups is 2. The number of fused-ring (bicyclic) bond motifs is 1. The number of carbonyl (C=O) groups excluding carboxylic acids is 2. The van der Waals surface area contributed by atoms with Crippen molar-refractivity contribution in [2.24, 2.45) is 4.99 Å². The van der Waals surface area contributed by atoms with E-state index in [4.69, 9.17) is 9.73 Å². The Bertz CT molecular complexity index is 1470. The number of amides is 1. The highest BCUT2D eigenvalue weighted by Gasteiger charge is 2.41.